The molecule has 0 aromatic heterocycles. The van der Waals surface area contributed by atoms with Crippen molar-refractivity contribution in [3.05, 3.63) is 29.8 Å². The van der Waals surface area contributed by atoms with Crippen LogP contribution in [0.3, 0.4) is 0 Å². The molecule has 0 aliphatic carbocycles. The van der Waals surface area contributed by atoms with E-state index in [1.165, 1.54) is 18.4 Å². The molecule has 2 N–H and O–H groups in total. The molecule has 2 atom stereocenters. The molecule has 1 aromatic carbocycles. The molecule has 0 radical (unpaired) electrons. The summed E-state index contributed by atoms with van der Waals surface area (Å²) in [6.07, 6.45) is 3.48. The van der Waals surface area contributed by atoms with Gasteiger partial charge in [-0.3, -0.25) is 4.90 Å². The molecule has 100 valence electrons. The van der Waals surface area contributed by atoms with Gasteiger partial charge in [-0.05, 0) is 43.9 Å². The summed E-state index contributed by atoms with van der Waals surface area (Å²) in [4.78, 5) is 2.51. The summed E-state index contributed by atoms with van der Waals surface area (Å²) in [5.41, 5.74) is 7.40. The Bertz CT molecular complexity index is 363. The lowest BCUT2D eigenvalue weighted by Crippen LogP contribution is -2.48. The third-order valence-electron chi connectivity index (χ3n) is 3.89. The average Bonchev–Trinajstić information content (AvgIpc) is 2.40. The van der Waals surface area contributed by atoms with Gasteiger partial charge < -0.3 is 10.5 Å². The molecule has 2 unspecified atom stereocenters. The Balaban J connectivity index is 1.86. The molecule has 3 heteroatoms. The summed E-state index contributed by atoms with van der Waals surface area (Å²) in [5.74, 6) is 0.923. The van der Waals surface area contributed by atoms with E-state index in [9.17, 15) is 0 Å². The molecule has 1 aromatic rings. The van der Waals surface area contributed by atoms with Gasteiger partial charge in [0, 0.05) is 25.2 Å². The Morgan fingerprint density at radius 1 is 1.28 bits per heavy atom. The van der Waals surface area contributed by atoms with Crippen molar-refractivity contribution in [1.29, 1.82) is 0 Å². The van der Waals surface area contributed by atoms with E-state index in [2.05, 4.69) is 24.0 Å². The van der Waals surface area contributed by atoms with Gasteiger partial charge in [0.15, 0.2) is 0 Å². The largest absolute Gasteiger partial charge is 0.497 e. The molecular formula is C15H24N2O. The fourth-order valence-electron chi connectivity index (χ4n) is 2.59. The molecule has 1 heterocycles. The molecule has 18 heavy (non-hydrogen) atoms. The van der Waals surface area contributed by atoms with E-state index in [1.54, 1.807) is 7.11 Å². The Morgan fingerprint density at radius 3 is 2.67 bits per heavy atom. The summed E-state index contributed by atoms with van der Waals surface area (Å²) in [6.45, 7) is 4.44. The highest BCUT2D eigenvalue weighted by Gasteiger charge is 2.22. The van der Waals surface area contributed by atoms with Crippen LogP contribution < -0.4 is 10.5 Å². The first-order chi connectivity index (χ1) is 8.69. The minimum atomic E-state index is 0.358. The molecule has 1 aliphatic heterocycles. The average molecular weight is 248 g/mol. The van der Waals surface area contributed by atoms with Gasteiger partial charge >= 0.3 is 0 Å². The quantitative estimate of drug-likeness (QED) is 0.886. The van der Waals surface area contributed by atoms with Crippen LogP contribution in [0.25, 0.3) is 0 Å². The van der Waals surface area contributed by atoms with Gasteiger partial charge in [0.05, 0.1) is 7.11 Å². The van der Waals surface area contributed by atoms with Gasteiger partial charge in [-0.25, -0.2) is 0 Å². The van der Waals surface area contributed by atoms with Gasteiger partial charge in [-0.15, -0.1) is 0 Å². The van der Waals surface area contributed by atoms with Crippen molar-refractivity contribution in [3.8, 4) is 5.75 Å². The summed E-state index contributed by atoms with van der Waals surface area (Å²) in [6, 6.07) is 9.38. The highest BCUT2D eigenvalue weighted by Crippen LogP contribution is 2.17. The third-order valence-corrected chi connectivity index (χ3v) is 3.89. The fraction of sp³-hybridized carbons (Fsp3) is 0.600. The molecule has 1 fully saturated rings. The lowest BCUT2D eigenvalue weighted by molar-refractivity contribution is 0.147. The maximum absolute atomic E-state index is 6.04. The highest BCUT2D eigenvalue weighted by atomic mass is 16.5. The number of methoxy groups -OCH3 is 1. The standard InChI is InChI=1S/C15H24N2O/c1-12-3-6-14(16)11-17(12)10-9-13-4-7-15(18-2)8-5-13/h4-5,7-8,12,14H,3,6,9-11,16H2,1-2H3. The number of nitrogens with two attached hydrogens (primary N) is 1. The maximum Gasteiger partial charge on any atom is 0.118 e. The van der Waals surface area contributed by atoms with Crippen molar-refractivity contribution in [1.82, 2.24) is 4.90 Å². The molecule has 2 rings (SSSR count). The van der Waals surface area contributed by atoms with Crippen molar-refractivity contribution in [2.24, 2.45) is 5.73 Å². The monoisotopic (exact) mass is 248 g/mol. The van der Waals surface area contributed by atoms with Crippen LogP contribution in [0.15, 0.2) is 24.3 Å². The van der Waals surface area contributed by atoms with Crippen LogP contribution in [0.4, 0.5) is 0 Å². The van der Waals surface area contributed by atoms with Crippen LogP contribution in [-0.2, 0) is 6.42 Å². The van der Waals surface area contributed by atoms with Crippen LogP contribution in [0.5, 0.6) is 5.75 Å². The number of likely N-dealkylation sites (tertiary alicyclic amines) is 1. The topological polar surface area (TPSA) is 38.5 Å². The summed E-state index contributed by atoms with van der Waals surface area (Å²) < 4.78 is 5.17. The van der Waals surface area contributed by atoms with Crippen molar-refractivity contribution >= 4 is 0 Å². The van der Waals surface area contributed by atoms with Crippen LogP contribution >= 0.6 is 0 Å². The second-order valence-electron chi connectivity index (χ2n) is 5.28. The Kier molecular flexibility index (Phi) is 4.61. The van der Waals surface area contributed by atoms with Crippen molar-refractivity contribution in [3.63, 3.8) is 0 Å². The minimum Gasteiger partial charge on any atom is -0.497 e. The van der Waals surface area contributed by atoms with Gasteiger partial charge in [0.25, 0.3) is 0 Å². The Labute approximate surface area is 110 Å². The van der Waals surface area contributed by atoms with E-state index < -0.39 is 0 Å². The molecule has 3 nitrogen and oxygen atoms in total. The van der Waals surface area contributed by atoms with Crippen LogP contribution in [-0.4, -0.2) is 37.2 Å². The lowest BCUT2D eigenvalue weighted by Gasteiger charge is -2.36. The second-order valence-corrected chi connectivity index (χ2v) is 5.28. The lowest BCUT2D eigenvalue weighted by atomic mass is 9.99. The number of benzene rings is 1. The molecule has 0 amide bonds. The first-order valence-electron chi connectivity index (χ1n) is 6.81. The number of hydrogen-bond donors (Lipinski definition) is 1. The summed E-state index contributed by atoms with van der Waals surface area (Å²) >= 11 is 0. The van der Waals surface area contributed by atoms with E-state index in [1.807, 2.05) is 12.1 Å². The molecule has 1 saturated heterocycles. The van der Waals surface area contributed by atoms with Crippen LogP contribution in [0.1, 0.15) is 25.3 Å². The van der Waals surface area contributed by atoms with E-state index in [0.29, 0.717) is 12.1 Å². The van der Waals surface area contributed by atoms with Crippen LogP contribution in [0.2, 0.25) is 0 Å². The van der Waals surface area contributed by atoms with Crippen molar-refractivity contribution in [2.45, 2.75) is 38.3 Å². The zero-order valence-corrected chi connectivity index (χ0v) is 11.4. The molecule has 0 spiro atoms. The first kappa shape index (κ1) is 13.4. The van der Waals surface area contributed by atoms with E-state index in [4.69, 9.17) is 10.5 Å². The van der Waals surface area contributed by atoms with Crippen molar-refractivity contribution in [2.75, 3.05) is 20.2 Å². The number of ether oxygens (including phenoxy) is 1. The predicted octanol–water partition coefficient (Wildman–Crippen LogP) is 2.05. The minimum absolute atomic E-state index is 0.358. The first-order valence-corrected chi connectivity index (χ1v) is 6.81. The van der Waals surface area contributed by atoms with Gasteiger partial charge in [-0.1, -0.05) is 12.1 Å². The molecular weight excluding hydrogens is 224 g/mol. The Hall–Kier alpha value is -1.06. The van der Waals surface area contributed by atoms with E-state index in [0.717, 1.165) is 25.3 Å². The second kappa shape index (κ2) is 6.21. The molecule has 0 saturated carbocycles. The molecule has 0 bridgehead atoms. The third kappa shape index (κ3) is 3.47. The van der Waals surface area contributed by atoms with Crippen LogP contribution in [0, 0.1) is 0 Å². The SMILES string of the molecule is COc1ccc(CCN2CC(N)CCC2C)cc1. The Morgan fingerprint density at radius 2 is 2.00 bits per heavy atom. The van der Waals surface area contributed by atoms with Gasteiger partial charge in [-0.2, -0.15) is 0 Å². The predicted molar refractivity (Wildman–Crippen MR) is 74.9 cm³/mol. The molecule has 1 aliphatic rings. The zero-order chi connectivity index (χ0) is 13.0. The number of nitrogens with zero attached hydrogens (tertiary/aromatic N) is 1. The number of rotatable bonds is 4. The number of piperidine rings is 1. The van der Waals surface area contributed by atoms with E-state index >= 15 is 0 Å². The van der Waals surface area contributed by atoms with E-state index in [-0.39, 0.29) is 0 Å². The summed E-state index contributed by atoms with van der Waals surface area (Å²) in [7, 11) is 1.70. The normalized spacial score (nSPS) is 25.1. The van der Waals surface area contributed by atoms with Crippen molar-refractivity contribution < 1.29 is 4.74 Å². The zero-order valence-electron chi connectivity index (χ0n) is 11.4. The van der Waals surface area contributed by atoms with Gasteiger partial charge in [0.2, 0.25) is 0 Å². The van der Waals surface area contributed by atoms with Gasteiger partial charge in [0.1, 0.15) is 5.75 Å². The maximum atomic E-state index is 6.04. The highest BCUT2D eigenvalue weighted by molar-refractivity contribution is 5.27. The smallest absolute Gasteiger partial charge is 0.118 e. The summed E-state index contributed by atoms with van der Waals surface area (Å²) in [5, 5.41) is 0. The number of hydrogen-bond acceptors (Lipinski definition) is 3. The fourth-order valence-corrected chi connectivity index (χ4v) is 2.59.